The summed E-state index contributed by atoms with van der Waals surface area (Å²) in [6, 6.07) is 13.9. The monoisotopic (exact) mass is 336 g/mol. The second kappa shape index (κ2) is 6.85. The largest absolute Gasteiger partial charge is 0.322 e. The number of thioether (sulfide) groups is 1. The molecular formula is C15H16N2O3S2. The van der Waals surface area contributed by atoms with E-state index in [1.54, 1.807) is 42.1 Å². The van der Waals surface area contributed by atoms with Crippen LogP contribution in [0.4, 0.5) is 11.4 Å². The van der Waals surface area contributed by atoms with Crippen molar-refractivity contribution in [3.63, 3.8) is 0 Å². The van der Waals surface area contributed by atoms with E-state index in [-0.39, 0.29) is 17.2 Å². The summed E-state index contributed by atoms with van der Waals surface area (Å²) < 4.78 is 25.1. The number of hydrogen-bond acceptors (Lipinski definition) is 4. The van der Waals surface area contributed by atoms with Crippen molar-refractivity contribution >= 4 is 39.1 Å². The van der Waals surface area contributed by atoms with Gasteiger partial charge in [0.2, 0.25) is 10.0 Å². The SMILES string of the molecule is CSc1cccc(NC(=O)c2ccccc2NS(C)(=O)=O)c1. The molecule has 5 nitrogen and oxygen atoms in total. The second-order valence-electron chi connectivity index (χ2n) is 4.61. The van der Waals surface area contributed by atoms with Gasteiger partial charge >= 0.3 is 0 Å². The number of hydrogen-bond donors (Lipinski definition) is 2. The van der Waals surface area contributed by atoms with Crippen molar-refractivity contribution < 1.29 is 13.2 Å². The zero-order valence-corrected chi connectivity index (χ0v) is 13.8. The fourth-order valence-corrected chi connectivity index (χ4v) is 2.91. The number of carbonyl (C=O) groups excluding carboxylic acids is 1. The molecule has 7 heteroatoms. The summed E-state index contributed by atoms with van der Waals surface area (Å²) in [5.74, 6) is -0.370. The van der Waals surface area contributed by atoms with Gasteiger partial charge in [-0.3, -0.25) is 9.52 Å². The highest BCUT2D eigenvalue weighted by Crippen LogP contribution is 2.21. The summed E-state index contributed by atoms with van der Waals surface area (Å²) >= 11 is 1.57. The van der Waals surface area contributed by atoms with Gasteiger partial charge in [-0.05, 0) is 36.6 Å². The van der Waals surface area contributed by atoms with Gasteiger partial charge in [-0.25, -0.2) is 8.42 Å². The molecule has 0 saturated carbocycles. The van der Waals surface area contributed by atoms with Crippen LogP contribution in [0.15, 0.2) is 53.4 Å². The van der Waals surface area contributed by atoms with Crippen LogP contribution in [-0.4, -0.2) is 26.8 Å². The maximum Gasteiger partial charge on any atom is 0.257 e. The summed E-state index contributed by atoms with van der Waals surface area (Å²) in [4.78, 5) is 13.4. The summed E-state index contributed by atoms with van der Waals surface area (Å²) in [6.07, 6.45) is 3.00. The highest BCUT2D eigenvalue weighted by molar-refractivity contribution is 7.98. The van der Waals surface area contributed by atoms with Crippen molar-refractivity contribution in [1.82, 2.24) is 0 Å². The van der Waals surface area contributed by atoms with Gasteiger partial charge in [0.25, 0.3) is 5.91 Å². The third-order valence-corrected chi connectivity index (χ3v) is 4.11. The third kappa shape index (κ3) is 4.51. The standard InChI is InChI=1S/C15H16N2O3S2/c1-21-12-7-5-6-11(10-12)16-15(18)13-8-3-4-9-14(13)17-22(2,19)20/h3-10,17H,1-2H3,(H,16,18). The van der Waals surface area contributed by atoms with Crippen molar-refractivity contribution in [2.45, 2.75) is 4.90 Å². The quantitative estimate of drug-likeness (QED) is 0.823. The zero-order valence-electron chi connectivity index (χ0n) is 12.2. The van der Waals surface area contributed by atoms with E-state index in [1.165, 1.54) is 0 Å². The lowest BCUT2D eigenvalue weighted by molar-refractivity contribution is 0.102. The van der Waals surface area contributed by atoms with Gasteiger partial charge in [0, 0.05) is 10.6 Å². The van der Waals surface area contributed by atoms with Crippen molar-refractivity contribution in [2.75, 3.05) is 22.6 Å². The number of anilines is 2. The van der Waals surface area contributed by atoms with Crippen molar-refractivity contribution in [3.05, 3.63) is 54.1 Å². The lowest BCUT2D eigenvalue weighted by Gasteiger charge is -2.11. The van der Waals surface area contributed by atoms with E-state index in [0.29, 0.717) is 5.69 Å². The van der Waals surface area contributed by atoms with Gasteiger partial charge in [0.1, 0.15) is 0 Å². The Balaban J connectivity index is 2.26. The number of benzene rings is 2. The molecule has 0 aliphatic heterocycles. The van der Waals surface area contributed by atoms with Crippen LogP contribution in [0.1, 0.15) is 10.4 Å². The molecule has 2 aromatic carbocycles. The molecule has 1 amide bonds. The number of nitrogens with one attached hydrogen (secondary N) is 2. The molecule has 0 saturated heterocycles. The Hall–Kier alpha value is -1.99. The Morgan fingerprint density at radius 1 is 1.09 bits per heavy atom. The Morgan fingerprint density at radius 2 is 1.82 bits per heavy atom. The van der Waals surface area contributed by atoms with Gasteiger partial charge in [-0.1, -0.05) is 18.2 Å². The Bertz CT molecular complexity index is 789. The molecule has 2 rings (SSSR count). The lowest BCUT2D eigenvalue weighted by Crippen LogP contribution is -2.17. The van der Waals surface area contributed by atoms with Crippen LogP contribution >= 0.6 is 11.8 Å². The topological polar surface area (TPSA) is 75.3 Å². The zero-order chi connectivity index (χ0) is 16.2. The van der Waals surface area contributed by atoms with E-state index in [1.807, 2.05) is 24.5 Å². The maximum absolute atomic E-state index is 12.4. The normalized spacial score (nSPS) is 11.0. The molecule has 0 aliphatic rings. The van der Waals surface area contributed by atoms with E-state index in [2.05, 4.69) is 10.0 Å². The molecule has 0 bridgehead atoms. The van der Waals surface area contributed by atoms with E-state index in [0.717, 1.165) is 11.2 Å². The average Bonchev–Trinajstić information content (AvgIpc) is 2.46. The van der Waals surface area contributed by atoms with Crippen LogP contribution < -0.4 is 10.0 Å². The first-order chi connectivity index (χ1) is 10.4. The first-order valence-corrected chi connectivity index (χ1v) is 9.53. The van der Waals surface area contributed by atoms with Crippen LogP contribution in [0.2, 0.25) is 0 Å². The lowest BCUT2D eigenvalue weighted by atomic mass is 10.1. The molecule has 0 heterocycles. The van der Waals surface area contributed by atoms with Crippen LogP contribution in [-0.2, 0) is 10.0 Å². The minimum absolute atomic E-state index is 0.253. The molecule has 0 atom stereocenters. The summed E-state index contributed by atoms with van der Waals surface area (Å²) in [6.45, 7) is 0. The summed E-state index contributed by atoms with van der Waals surface area (Å²) in [5.41, 5.74) is 1.18. The third-order valence-electron chi connectivity index (χ3n) is 2.79. The number of carbonyl (C=O) groups is 1. The fraction of sp³-hybridized carbons (Fsp3) is 0.133. The Kier molecular flexibility index (Phi) is 5.10. The summed E-state index contributed by atoms with van der Waals surface area (Å²) in [5, 5.41) is 2.77. The van der Waals surface area contributed by atoms with Crippen molar-refractivity contribution in [3.8, 4) is 0 Å². The molecule has 0 spiro atoms. The second-order valence-corrected chi connectivity index (χ2v) is 7.23. The first-order valence-electron chi connectivity index (χ1n) is 6.41. The van der Waals surface area contributed by atoms with Crippen LogP contribution in [0, 0.1) is 0 Å². The number of para-hydroxylation sites is 1. The first kappa shape index (κ1) is 16.4. The highest BCUT2D eigenvalue weighted by Gasteiger charge is 2.13. The molecule has 2 aromatic rings. The maximum atomic E-state index is 12.4. The molecular weight excluding hydrogens is 320 g/mol. The van der Waals surface area contributed by atoms with Gasteiger partial charge in [0.15, 0.2) is 0 Å². The molecule has 0 fully saturated rings. The van der Waals surface area contributed by atoms with E-state index < -0.39 is 10.0 Å². The summed E-state index contributed by atoms with van der Waals surface area (Å²) in [7, 11) is -3.45. The van der Waals surface area contributed by atoms with Crippen LogP contribution in [0.3, 0.4) is 0 Å². The van der Waals surface area contributed by atoms with Crippen LogP contribution in [0.25, 0.3) is 0 Å². The highest BCUT2D eigenvalue weighted by atomic mass is 32.2. The number of rotatable bonds is 5. The molecule has 0 unspecified atom stereocenters. The molecule has 0 aliphatic carbocycles. The Morgan fingerprint density at radius 3 is 2.50 bits per heavy atom. The van der Waals surface area contributed by atoms with E-state index in [4.69, 9.17) is 0 Å². The number of sulfonamides is 1. The molecule has 0 radical (unpaired) electrons. The molecule has 0 aromatic heterocycles. The number of amides is 1. The fourth-order valence-electron chi connectivity index (χ4n) is 1.87. The molecule has 22 heavy (non-hydrogen) atoms. The minimum atomic E-state index is -3.45. The molecule has 2 N–H and O–H groups in total. The molecule has 116 valence electrons. The average molecular weight is 336 g/mol. The van der Waals surface area contributed by atoms with Gasteiger partial charge in [0.05, 0.1) is 17.5 Å². The van der Waals surface area contributed by atoms with E-state index in [9.17, 15) is 13.2 Å². The predicted octanol–water partition coefficient (Wildman–Crippen LogP) is 3.03. The van der Waals surface area contributed by atoms with Gasteiger partial charge < -0.3 is 5.32 Å². The van der Waals surface area contributed by atoms with Crippen molar-refractivity contribution in [1.29, 1.82) is 0 Å². The van der Waals surface area contributed by atoms with Gasteiger partial charge in [-0.15, -0.1) is 11.8 Å². The van der Waals surface area contributed by atoms with Crippen molar-refractivity contribution in [2.24, 2.45) is 0 Å². The minimum Gasteiger partial charge on any atom is -0.322 e. The van der Waals surface area contributed by atoms with E-state index >= 15 is 0 Å². The smallest absolute Gasteiger partial charge is 0.257 e. The van der Waals surface area contributed by atoms with Gasteiger partial charge in [-0.2, -0.15) is 0 Å². The predicted molar refractivity (Wildman–Crippen MR) is 91.1 cm³/mol. The van der Waals surface area contributed by atoms with Crippen LogP contribution in [0.5, 0.6) is 0 Å². The Labute approximate surface area is 134 Å².